The lowest BCUT2D eigenvalue weighted by atomic mass is 10.1. The number of carbonyl (C=O) groups excluding carboxylic acids is 2. The summed E-state index contributed by atoms with van der Waals surface area (Å²) in [5.41, 5.74) is 7.04. The summed E-state index contributed by atoms with van der Waals surface area (Å²) >= 11 is 0. The molecule has 0 spiro atoms. The van der Waals surface area contributed by atoms with Gasteiger partial charge in [0.05, 0.1) is 0 Å². The minimum atomic E-state index is -1.72. The Morgan fingerprint density at radius 3 is 2.12 bits per heavy atom. The number of nitrogens with zero attached hydrogens (tertiary/aromatic N) is 4. The topological polar surface area (TPSA) is 105 Å². The molecule has 0 aromatic carbocycles. The molecule has 0 bridgehead atoms. The molecule has 1 amide bonds. The molecular weight excluding hydrogens is 319 g/mol. The van der Waals surface area contributed by atoms with E-state index in [0.29, 0.717) is 12.8 Å². The van der Waals surface area contributed by atoms with Gasteiger partial charge in [-0.2, -0.15) is 9.71 Å². The summed E-state index contributed by atoms with van der Waals surface area (Å²) in [5.74, 6) is -0.901. The maximum absolute atomic E-state index is 13.7. The second kappa shape index (κ2) is 9.32. The molecule has 0 saturated carbocycles. The number of hydrogen-bond acceptors (Lipinski definition) is 5. The quantitative estimate of drug-likeness (QED) is 0.171. The van der Waals surface area contributed by atoms with Gasteiger partial charge in [-0.15, -0.1) is 10.5 Å². The summed E-state index contributed by atoms with van der Waals surface area (Å²) in [6, 6.07) is 0. The highest BCUT2D eigenvalue weighted by molar-refractivity contribution is 5.74. The Labute approximate surface area is 141 Å². The number of amides is 1. The van der Waals surface area contributed by atoms with E-state index in [4.69, 9.17) is 15.0 Å². The van der Waals surface area contributed by atoms with Crippen molar-refractivity contribution >= 4 is 12.1 Å². The highest BCUT2D eigenvalue weighted by atomic mass is 19.1. The van der Waals surface area contributed by atoms with E-state index >= 15 is 0 Å². The summed E-state index contributed by atoms with van der Waals surface area (Å²) in [7, 11) is 0. The van der Waals surface area contributed by atoms with Crippen LogP contribution in [0.15, 0.2) is 5.22 Å². The average Bonchev–Trinajstić information content (AvgIpc) is 2.37. The number of rotatable bonds is 7. The fourth-order valence-electron chi connectivity index (χ4n) is 1.60. The van der Waals surface area contributed by atoms with E-state index in [2.05, 4.69) is 10.1 Å². The van der Waals surface area contributed by atoms with Crippen molar-refractivity contribution in [1.82, 2.24) is 5.01 Å². The van der Waals surface area contributed by atoms with Crippen LogP contribution in [-0.2, 0) is 14.3 Å². The Balaban J connectivity index is 4.33. The second-order valence-electron chi connectivity index (χ2n) is 7.28. The van der Waals surface area contributed by atoms with Crippen LogP contribution in [0.3, 0.4) is 0 Å². The first-order chi connectivity index (χ1) is 10.9. The smallest absolute Gasteiger partial charge is 0.458 e. The number of hydrogen-bond donors (Lipinski definition) is 0. The minimum absolute atomic E-state index is 0.0344. The van der Waals surface area contributed by atoms with Crippen molar-refractivity contribution in [2.24, 2.45) is 5.22 Å². The van der Waals surface area contributed by atoms with Gasteiger partial charge in [-0.25, -0.2) is 9.18 Å². The van der Waals surface area contributed by atoms with E-state index in [1.807, 2.05) is 0 Å². The SMILES string of the molecule is CC(C)(C)OC(=O)C(F)CCCCN(N=[N+]=[N-])C(=O)OC(C)(C)C. The lowest BCUT2D eigenvalue weighted by Crippen LogP contribution is -2.34. The molecule has 0 aromatic rings. The van der Waals surface area contributed by atoms with Gasteiger partial charge in [0.1, 0.15) is 17.7 Å². The Morgan fingerprint density at radius 2 is 1.67 bits per heavy atom. The highest BCUT2D eigenvalue weighted by Crippen LogP contribution is 2.15. The molecule has 0 rings (SSSR count). The van der Waals surface area contributed by atoms with Crippen LogP contribution in [0.4, 0.5) is 9.18 Å². The number of ether oxygens (including phenoxy) is 2. The van der Waals surface area contributed by atoms with Gasteiger partial charge in [0, 0.05) is 0 Å². The van der Waals surface area contributed by atoms with Gasteiger partial charge in [0.25, 0.3) is 0 Å². The van der Waals surface area contributed by atoms with Crippen molar-refractivity contribution in [3.63, 3.8) is 0 Å². The van der Waals surface area contributed by atoms with Crippen LogP contribution >= 0.6 is 0 Å². The summed E-state index contributed by atoms with van der Waals surface area (Å²) in [6.07, 6.45) is -1.86. The van der Waals surface area contributed by atoms with Gasteiger partial charge in [0.2, 0.25) is 0 Å². The van der Waals surface area contributed by atoms with Crippen molar-refractivity contribution in [2.75, 3.05) is 6.54 Å². The normalized spacial score (nSPS) is 12.8. The third-order valence-electron chi connectivity index (χ3n) is 2.49. The molecule has 0 fully saturated rings. The zero-order valence-electron chi connectivity index (χ0n) is 15.2. The molecule has 24 heavy (non-hydrogen) atoms. The maximum Gasteiger partial charge on any atom is 0.510 e. The van der Waals surface area contributed by atoms with Crippen LogP contribution in [0.2, 0.25) is 0 Å². The molecule has 0 aromatic heterocycles. The van der Waals surface area contributed by atoms with Crippen molar-refractivity contribution in [2.45, 2.75) is 78.2 Å². The molecule has 0 aliphatic carbocycles. The second-order valence-corrected chi connectivity index (χ2v) is 7.28. The lowest BCUT2D eigenvalue weighted by Gasteiger charge is -2.21. The predicted molar refractivity (Wildman–Crippen MR) is 86.7 cm³/mol. The molecule has 1 atom stereocenters. The number of esters is 1. The van der Waals surface area contributed by atoms with E-state index in [0.717, 1.165) is 5.01 Å². The molecule has 0 radical (unpaired) electrons. The number of unbranched alkanes of at least 4 members (excludes halogenated alkanes) is 1. The van der Waals surface area contributed by atoms with Crippen LogP contribution < -0.4 is 0 Å². The Kier molecular flexibility index (Phi) is 8.53. The molecule has 138 valence electrons. The molecule has 8 nitrogen and oxygen atoms in total. The van der Waals surface area contributed by atoms with Crippen molar-refractivity contribution < 1.29 is 23.5 Å². The number of halogens is 1. The lowest BCUT2D eigenvalue weighted by molar-refractivity contribution is -0.161. The van der Waals surface area contributed by atoms with Gasteiger partial charge in [-0.3, -0.25) is 0 Å². The third kappa shape index (κ3) is 10.7. The number of azide groups is 1. The number of alkyl halides is 1. The molecule has 0 saturated heterocycles. The minimum Gasteiger partial charge on any atom is -0.458 e. The molecule has 0 aliphatic rings. The summed E-state index contributed by atoms with van der Waals surface area (Å²) in [4.78, 5) is 25.9. The summed E-state index contributed by atoms with van der Waals surface area (Å²) in [6.45, 7) is 10.1. The summed E-state index contributed by atoms with van der Waals surface area (Å²) < 4.78 is 23.8. The molecular formula is C15H27FN4O4. The molecule has 0 N–H and O–H groups in total. The van der Waals surface area contributed by atoms with E-state index in [9.17, 15) is 14.0 Å². The first-order valence-electron chi connectivity index (χ1n) is 7.78. The van der Waals surface area contributed by atoms with E-state index in [1.54, 1.807) is 41.5 Å². The Bertz CT molecular complexity index is 479. The first-order valence-corrected chi connectivity index (χ1v) is 7.78. The van der Waals surface area contributed by atoms with E-state index in [-0.39, 0.29) is 13.0 Å². The molecule has 0 aliphatic heterocycles. The third-order valence-corrected chi connectivity index (χ3v) is 2.49. The zero-order chi connectivity index (χ0) is 19.0. The fraction of sp³-hybridized carbons (Fsp3) is 0.867. The van der Waals surface area contributed by atoms with Crippen molar-refractivity contribution in [3.05, 3.63) is 10.4 Å². The van der Waals surface area contributed by atoms with Gasteiger partial charge < -0.3 is 9.47 Å². The van der Waals surface area contributed by atoms with E-state index < -0.39 is 29.4 Å². The maximum atomic E-state index is 13.7. The first kappa shape index (κ1) is 22.0. The summed E-state index contributed by atoms with van der Waals surface area (Å²) in [5, 5.41) is 4.10. The Morgan fingerprint density at radius 1 is 1.12 bits per heavy atom. The molecule has 9 heteroatoms. The van der Waals surface area contributed by atoms with Crippen molar-refractivity contribution in [1.29, 1.82) is 0 Å². The van der Waals surface area contributed by atoms with E-state index in [1.165, 1.54) is 0 Å². The van der Waals surface area contributed by atoms with Crippen LogP contribution in [-0.4, -0.2) is 41.0 Å². The van der Waals surface area contributed by atoms with Gasteiger partial charge in [0.15, 0.2) is 6.17 Å². The van der Waals surface area contributed by atoms with Crippen LogP contribution in [0, 0.1) is 0 Å². The van der Waals surface area contributed by atoms with Crippen molar-refractivity contribution in [3.8, 4) is 0 Å². The number of carbonyl (C=O) groups is 2. The van der Waals surface area contributed by atoms with Crippen LogP contribution in [0.5, 0.6) is 0 Å². The average molecular weight is 346 g/mol. The molecule has 0 heterocycles. The fourth-order valence-corrected chi connectivity index (χ4v) is 1.60. The zero-order valence-corrected chi connectivity index (χ0v) is 15.2. The largest absolute Gasteiger partial charge is 0.510 e. The van der Waals surface area contributed by atoms with Crippen LogP contribution in [0.25, 0.3) is 10.4 Å². The Hall–Kier alpha value is -2.02. The molecule has 1 unspecified atom stereocenters. The van der Waals surface area contributed by atoms with Gasteiger partial charge in [-0.05, 0) is 66.0 Å². The van der Waals surface area contributed by atoms with Gasteiger partial charge >= 0.3 is 12.1 Å². The standard InChI is InChI=1S/C15H27FN4O4/c1-14(2,3)23-12(21)11(16)9-7-8-10-20(19-18-17)13(22)24-15(4,5)6/h11H,7-10H2,1-6H3. The monoisotopic (exact) mass is 346 g/mol. The van der Waals surface area contributed by atoms with Gasteiger partial charge in [-0.1, -0.05) is 0 Å². The highest BCUT2D eigenvalue weighted by Gasteiger charge is 2.26. The van der Waals surface area contributed by atoms with Crippen LogP contribution in [0.1, 0.15) is 60.8 Å². The predicted octanol–water partition coefficient (Wildman–Crippen LogP) is 4.30.